The number of hydrogen-bond donors (Lipinski definition) is 1. The van der Waals surface area contributed by atoms with Crippen LogP contribution in [0.15, 0.2) is 48.5 Å². The molecule has 0 aliphatic carbocycles. The maximum Gasteiger partial charge on any atom is 0.0547 e. The molecule has 3 heteroatoms. The average molecular weight is 284 g/mol. The van der Waals surface area contributed by atoms with Gasteiger partial charge in [-0.3, -0.25) is 9.88 Å². The van der Waals surface area contributed by atoms with Crippen molar-refractivity contribution >= 4 is 0 Å². The fourth-order valence-corrected chi connectivity index (χ4v) is 2.69. The average Bonchev–Trinajstić information content (AvgIpc) is 2.48. The summed E-state index contributed by atoms with van der Waals surface area (Å²) in [6.45, 7) is 5.80. The van der Waals surface area contributed by atoms with Gasteiger partial charge in [0.15, 0.2) is 0 Å². The van der Waals surface area contributed by atoms with Crippen LogP contribution in [-0.4, -0.2) is 35.2 Å². The Morgan fingerprint density at radius 2 is 1.81 bits per heavy atom. The standard InChI is InChI=1S/C18H24N2O/c1-15-8-7-11-17(19-15)12-20(3)13-18(2,14-21)16-9-5-4-6-10-16/h4-11,21H,12-14H2,1-3H3. The first-order valence-electron chi connectivity index (χ1n) is 7.31. The van der Waals surface area contributed by atoms with Gasteiger partial charge in [-0.2, -0.15) is 0 Å². The minimum Gasteiger partial charge on any atom is -0.395 e. The molecule has 2 aromatic rings. The summed E-state index contributed by atoms with van der Waals surface area (Å²) in [5.74, 6) is 0. The highest BCUT2D eigenvalue weighted by molar-refractivity contribution is 5.25. The van der Waals surface area contributed by atoms with Crippen LogP contribution in [0, 0.1) is 6.92 Å². The number of aromatic nitrogens is 1. The van der Waals surface area contributed by atoms with E-state index in [1.165, 1.54) is 0 Å². The highest BCUT2D eigenvalue weighted by atomic mass is 16.3. The van der Waals surface area contributed by atoms with Gasteiger partial charge in [-0.15, -0.1) is 0 Å². The van der Waals surface area contributed by atoms with E-state index < -0.39 is 0 Å². The normalized spacial score (nSPS) is 14.1. The molecule has 2 rings (SSSR count). The lowest BCUT2D eigenvalue weighted by Crippen LogP contribution is -2.39. The molecule has 1 N–H and O–H groups in total. The quantitative estimate of drug-likeness (QED) is 0.886. The Kier molecular flexibility index (Phi) is 5.10. The van der Waals surface area contributed by atoms with Crippen LogP contribution < -0.4 is 0 Å². The first kappa shape index (κ1) is 15.7. The topological polar surface area (TPSA) is 36.4 Å². The summed E-state index contributed by atoms with van der Waals surface area (Å²) < 4.78 is 0. The second-order valence-electron chi connectivity index (χ2n) is 6.03. The van der Waals surface area contributed by atoms with E-state index >= 15 is 0 Å². The molecule has 1 atom stereocenters. The minimum absolute atomic E-state index is 0.128. The van der Waals surface area contributed by atoms with E-state index in [1.807, 2.05) is 43.3 Å². The van der Waals surface area contributed by atoms with Crippen LogP contribution in [-0.2, 0) is 12.0 Å². The number of aliphatic hydroxyl groups is 1. The zero-order chi connectivity index (χ0) is 15.3. The van der Waals surface area contributed by atoms with Crippen molar-refractivity contribution in [2.75, 3.05) is 20.2 Å². The van der Waals surface area contributed by atoms with Gasteiger partial charge in [0, 0.05) is 24.2 Å². The molecular weight excluding hydrogens is 260 g/mol. The van der Waals surface area contributed by atoms with E-state index in [-0.39, 0.29) is 12.0 Å². The number of aryl methyl sites for hydroxylation is 1. The SMILES string of the molecule is Cc1cccc(CN(C)CC(C)(CO)c2ccccc2)n1. The van der Waals surface area contributed by atoms with Gasteiger partial charge in [0.1, 0.15) is 0 Å². The molecule has 1 heterocycles. The molecule has 0 spiro atoms. The predicted molar refractivity (Wildman–Crippen MR) is 86.2 cm³/mol. The molecule has 0 aliphatic rings. The van der Waals surface area contributed by atoms with E-state index in [2.05, 4.69) is 36.0 Å². The summed E-state index contributed by atoms with van der Waals surface area (Å²) in [6, 6.07) is 16.3. The number of hydrogen-bond acceptors (Lipinski definition) is 3. The Bertz CT molecular complexity index is 570. The molecule has 3 nitrogen and oxygen atoms in total. The molecule has 0 bridgehead atoms. The maximum atomic E-state index is 9.86. The number of pyridine rings is 1. The molecule has 0 saturated carbocycles. The zero-order valence-corrected chi connectivity index (χ0v) is 13.1. The molecule has 0 fully saturated rings. The second kappa shape index (κ2) is 6.83. The third-order valence-corrected chi connectivity index (χ3v) is 3.82. The van der Waals surface area contributed by atoms with Crippen molar-refractivity contribution in [1.29, 1.82) is 0 Å². The van der Waals surface area contributed by atoms with Crippen LogP contribution in [0.5, 0.6) is 0 Å². The Morgan fingerprint density at radius 3 is 2.43 bits per heavy atom. The summed E-state index contributed by atoms with van der Waals surface area (Å²) in [5, 5.41) is 9.86. The summed E-state index contributed by atoms with van der Waals surface area (Å²) in [7, 11) is 2.07. The number of aliphatic hydroxyl groups excluding tert-OH is 1. The molecule has 0 radical (unpaired) electrons. The monoisotopic (exact) mass is 284 g/mol. The molecule has 0 aliphatic heterocycles. The van der Waals surface area contributed by atoms with Crippen molar-refractivity contribution in [3.8, 4) is 0 Å². The molecule has 1 aromatic carbocycles. The fourth-order valence-electron chi connectivity index (χ4n) is 2.69. The third-order valence-electron chi connectivity index (χ3n) is 3.82. The van der Waals surface area contributed by atoms with Crippen LogP contribution in [0.1, 0.15) is 23.9 Å². The minimum atomic E-state index is -0.264. The molecule has 1 aromatic heterocycles. The molecular formula is C18H24N2O. The van der Waals surface area contributed by atoms with Gasteiger partial charge in [0.05, 0.1) is 12.3 Å². The van der Waals surface area contributed by atoms with Gasteiger partial charge in [-0.05, 0) is 31.7 Å². The van der Waals surface area contributed by atoms with Gasteiger partial charge in [0.2, 0.25) is 0 Å². The second-order valence-corrected chi connectivity index (χ2v) is 6.03. The lowest BCUT2D eigenvalue weighted by Gasteiger charge is -2.32. The van der Waals surface area contributed by atoms with Crippen molar-refractivity contribution in [3.05, 3.63) is 65.5 Å². The van der Waals surface area contributed by atoms with Gasteiger partial charge in [-0.25, -0.2) is 0 Å². The molecule has 1 unspecified atom stereocenters. The first-order valence-corrected chi connectivity index (χ1v) is 7.31. The van der Waals surface area contributed by atoms with E-state index in [0.29, 0.717) is 0 Å². The summed E-state index contributed by atoms with van der Waals surface area (Å²) in [6.07, 6.45) is 0. The smallest absolute Gasteiger partial charge is 0.0547 e. The number of likely N-dealkylation sites (N-methyl/N-ethyl adjacent to an activating group) is 1. The van der Waals surface area contributed by atoms with Gasteiger partial charge < -0.3 is 5.11 Å². The van der Waals surface area contributed by atoms with Crippen molar-refractivity contribution < 1.29 is 5.11 Å². The van der Waals surface area contributed by atoms with E-state index in [0.717, 1.165) is 30.0 Å². The highest BCUT2D eigenvalue weighted by Gasteiger charge is 2.27. The largest absolute Gasteiger partial charge is 0.395 e. The summed E-state index contributed by atoms with van der Waals surface area (Å²) in [5.41, 5.74) is 3.00. The lowest BCUT2D eigenvalue weighted by molar-refractivity contribution is 0.155. The Hall–Kier alpha value is -1.71. The van der Waals surface area contributed by atoms with Crippen LogP contribution >= 0.6 is 0 Å². The summed E-state index contributed by atoms with van der Waals surface area (Å²) >= 11 is 0. The van der Waals surface area contributed by atoms with Crippen LogP contribution in [0.4, 0.5) is 0 Å². The van der Waals surface area contributed by atoms with Crippen LogP contribution in [0.25, 0.3) is 0 Å². The highest BCUT2D eigenvalue weighted by Crippen LogP contribution is 2.24. The van der Waals surface area contributed by atoms with Crippen molar-refractivity contribution in [2.24, 2.45) is 0 Å². The number of rotatable bonds is 6. The van der Waals surface area contributed by atoms with Crippen LogP contribution in [0.2, 0.25) is 0 Å². The summed E-state index contributed by atoms with van der Waals surface area (Å²) in [4.78, 5) is 6.75. The Morgan fingerprint density at radius 1 is 1.10 bits per heavy atom. The molecule has 112 valence electrons. The van der Waals surface area contributed by atoms with E-state index in [9.17, 15) is 5.11 Å². The van der Waals surface area contributed by atoms with Crippen molar-refractivity contribution in [1.82, 2.24) is 9.88 Å². The first-order chi connectivity index (χ1) is 10.0. The molecule has 0 saturated heterocycles. The van der Waals surface area contributed by atoms with Crippen molar-refractivity contribution in [3.63, 3.8) is 0 Å². The maximum absolute atomic E-state index is 9.86. The van der Waals surface area contributed by atoms with Crippen molar-refractivity contribution in [2.45, 2.75) is 25.8 Å². The zero-order valence-electron chi connectivity index (χ0n) is 13.1. The van der Waals surface area contributed by atoms with E-state index in [1.54, 1.807) is 0 Å². The van der Waals surface area contributed by atoms with E-state index in [4.69, 9.17) is 0 Å². The third kappa shape index (κ3) is 4.13. The van der Waals surface area contributed by atoms with Gasteiger partial charge >= 0.3 is 0 Å². The van der Waals surface area contributed by atoms with Crippen LogP contribution in [0.3, 0.4) is 0 Å². The lowest BCUT2D eigenvalue weighted by atomic mass is 9.83. The van der Waals surface area contributed by atoms with Gasteiger partial charge in [0.25, 0.3) is 0 Å². The van der Waals surface area contributed by atoms with Gasteiger partial charge in [-0.1, -0.05) is 43.3 Å². The fraction of sp³-hybridized carbons (Fsp3) is 0.389. The Labute approximate surface area is 127 Å². The predicted octanol–water partition coefficient (Wildman–Crippen LogP) is 2.77. The molecule has 21 heavy (non-hydrogen) atoms. The number of nitrogens with zero attached hydrogens (tertiary/aromatic N) is 2. The Balaban J connectivity index is 2.08. The molecule has 0 amide bonds. The number of benzene rings is 1.